The minimum Gasteiger partial charge on any atom is -0.354 e. The number of sulfonamides is 1. The van der Waals surface area contributed by atoms with Crippen molar-refractivity contribution in [3.63, 3.8) is 0 Å². The van der Waals surface area contributed by atoms with Gasteiger partial charge in [-0.15, -0.1) is 11.3 Å². The topological polar surface area (TPSA) is 96.9 Å². The molecule has 2 heterocycles. The molecule has 0 aromatic carbocycles. The maximum atomic E-state index is 12.1. The fraction of sp³-hybridized carbons (Fsp3) is 0.417. The molecule has 0 atom stereocenters. The first-order chi connectivity index (χ1) is 10.0. The van der Waals surface area contributed by atoms with E-state index in [0.717, 1.165) is 22.9 Å². The van der Waals surface area contributed by atoms with E-state index in [0.29, 0.717) is 5.95 Å². The van der Waals surface area contributed by atoms with Gasteiger partial charge in [-0.1, -0.05) is 6.92 Å². The molecule has 2 rings (SSSR count). The number of aryl methyl sites for hydroxylation is 1. The fourth-order valence-electron chi connectivity index (χ4n) is 1.51. The van der Waals surface area contributed by atoms with Gasteiger partial charge in [0, 0.05) is 17.6 Å². The van der Waals surface area contributed by atoms with E-state index in [2.05, 4.69) is 25.0 Å². The van der Waals surface area contributed by atoms with Crippen molar-refractivity contribution in [2.75, 3.05) is 11.9 Å². The van der Waals surface area contributed by atoms with Crippen molar-refractivity contribution in [1.82, 2.24) is 19.7 Å². The first-order valence-corrected chi connectivity index (χ1v) is 8.78. The minimum atomic E-state index is -3.62. The molecule has 9 heteroatoms. The van der Waals surface area contributed by atoms with Gasteiger partial charge < -0.3 is 5.32 Å². The van der Waals surface area contributed by atoms with E-state index in [1.54, 1.807) is 6.20 Å². The summed E-state index contributed by atoms with van der Waals surface area (Å²) < 4.78 is 26.7. The first kappa shape index (κ1) is 15.8. The van der Waals surface area contributed by atoms with Crippen LogP contribution in [0.25, 0.3) is 0 Å². The summed E-state index contributed by atoms with van der Waals surface area (Å²) in [5.74, 6) is 0.423. The number of thiazole rings is 1. The Bertz CT molecular complexity index is 682. The summed E-state index contributed by atoms with van der Waals surface area (Å²) in [7, 11) is -3.62. The average molecular weight is 327 g/mol. The van der Waals surface area contributed by atoms with Crippen molar-refractivity contribution in [3.05, 3.63) is 28.5 Å². The van der Waals surface area contributed by atoms with Gasteiger partial charge in [0.15, 0.2) is 0 Å². The molecule has 0 fully saturated rings. The molecule has 0 bridgehead atoms. The molecule has 0 spiro atoms. The van der Waals surface area contributed by atoms with Crippen LogP contribution < -0.4 is 10.0 Å². The van der Waals surface area contributed by atoms with Crippen LogP contribution in [-0.2, 0) is 16.6 Å². The van der Waals surface area contributed by atoms with Crippen LogP contribution in [0.4, 0.5) is 5.95 Å². The highest BCUT2D eigenvalue weighted by molar-refractivity contribution is 7.89. The summed E-state index contributed by atoms with van der Waals surface area (Å²) in [6.07, 6.45) is 5.24. The molecule has 0 saturated carbocycles. The fourth-order valence-corrected chi connectivity index (χ4v) is 3.20. The Balaban J connectivity index is 2.01. The molecule has 2 aromatic heterocycles. The van der Waals surface area contributed by atoms with Gasteiger partial charge in [-0.2, -0.15) is 0 Å². The number of aromatic nitrogens is 3. The summed E-state index contributed by atoms with van der Waals surface area (Å²) in [6, 6.07) is 0. The van der Waals surface area contributed by atoms with E-state index in [9.17, 15) is 8.42 Å². The van der Waals surface area contributed by atoms with Crippen LogP contribution >= 0.6 is 11.3 Å². The van der Waals surface area contributed by atoms with Gasteiger partial charge in [-0.05, 0) is 13.3 Å². The molecule has 21 heavy (non-hydrogen) atoms. The summed E-state index contributed by atoms with van der Waals surface area (Å²) in [6.45, 7) is 4.85. The molecule has 114 valence electrons. The number of hydrogen-bond acceptors (Lipinski definition) is 7. The Morgan fingerprint density at radius 2 is 1.90 bits per heavy atom. The molecule has 0 amide bonds. The van der Waals surface area contributed by atoms with Crippen LogP contribution in [0, 0.1) is 6.92 Å². The van der Waals surface area contributed by atoms with Gasteiger partial charge in [-0.3, -0.25) is 0 Å². The van der Waals surface area contributed by atoms with Crippen molar-refractivity contribution in [1.29, 1.82) is 0 Å². The minimum absolute atomic E-state index is 0.0397. The normalized spacial score (nSPS) is 11.5. The van der Waals surface area contributed by atoms with Gasteiger partial charge in [0.05, 0.1) is 18.9 Å². The third-order valence-electron chi connectivity index (χ3n) is 2.55. The molecular formula is C12H17N5O2S2. The number of nitrogens with one attached hydrogen (secondary N) is 2. The quantitative estimate of drug-likeness (QED) is 0.801. The molecule has 7 nitrogen and oxygen atoms in total. The Hall–Kier alpha value is -1.58. The van der Waals surface area contributed by atoms with Crippen LogP contribution in [0.15, 0.2) is 23.5 Å². The second-order valence-electron chi connectivity index (χ2n) is 4.36. The average Bonchev–Trinajstić information content (AvgIpc) is 2.89. The van der Waals surface area contributed by atoms with Crippen molar-refractivity contribution in [3.8, 4) is 0 Å². The first-order valence-electron chi connectivity index (χ1n) is 6.48. The molecule has 0 aliphatic heterocycles. The molecule has 0 saturated heterocycles. The molecular weight excluding hydrogens is 310 g/mol. The zero-order chi connectivity index (χ0) is 15.3. The zero-order valence-electron chi connectivity index (χ0n) is 11.8. The highest BCUT2D eigenvalue weighted by Crippen LogP contribution is 2.13. The summed E-state index contributed by atoms with van der Waals surface area (Å²) >= 11 is 1.46. The van der Waals surface area contributed by atoms with Crippen molar-refractivity contribution in [2.24, 2.45) is 0 Å². The lowest BCUT2D eigenvalue weighted by Gasteiger charge is -2.06. The standard InChI is InChI=1S/C12H17N5O2S2/c1-3-4-13-12-15-6-10(7-16-12)21(18,19)17-8-11-14-5-9(2)20-11/h5-7,17H,3-4,8H2,1-2H3,(H,13,15,16). The van der Waals surface area contributed by atoms with Crippen molar-refractivity contribution >= 4 is 27.3 Å². The highest BCUT2D eigenvalue weighted by Gasteiger charge is 2.15. The zero-order valence-corrected chi connectivity index (χ0v) is 13.5. The second-order valence-corrected chi connectivity index (χ2v) is 7.44. The Morgan fingerprint density at radius 1 is 1.19 bits per heavy atom. The van der Waals surface area contributed by atoms with Gasteiger partial charge in [0.25, 0.3) is 0 Å². The van der Waals surface area contributed by atoms with Crippen LogP contribution in [0.3, 0.4) is 0 Å². The summed E-state index contributed by atoms with van der Waals surface area (Å²) in [5.41, 5.74) is 0. The Morgan fingerprint density at radius 3 is 2.48 bits per heavy atom. The third kappa shape index (κ3) is 4.45. The monoisotopic (exact) mass is 327 g/mol. The third-order valence-corrected chi connectivity index (χ3v) is 4.82. The maximum absolute atomic E-state index is 12.1. The van der Waals surface area contributed by atoms with Gasteiger partial charge in [0.2, 0.25) is 16.0 Å². The van der Waals surface area contributed by atoms with Crippen LogP contribution in [0.1, 0.15) is 23.2 Å². The van der Waals surface area contributed by atoms with Crippen molar-refractivity contribution in [2.45, 2.75) is 31.7 Å². The SMILES string of the molecule is CCCNc1ncc(S(=O)(=O)NCc2ncc(C)s2)cn1. The number of hydrogen-bond donors (Lipinski definition) is 2. The lowest BCUT2D eigenvalue weighted by Crippen LogP contribution is -2.23. The van der Waals surface area contributed by atoms with Gasteiger partial charge >= 0.3 is 0 Å². The smallest absolute Gasteiger partial charge is 0.244 e. The van der Waals surface area contributed by atoms with Crippen LogP contribution in [0.2, 0.25) is 0 Å². The maximum Gasteiger partial charge on any atom is 0.244 e. The van der Waals surface area contributed by atoms with E-state index < -0.39 is 10.0 Å². The van der Waals surface area contributed by atoms with E-state index in [4.69, 9.17) is 0 Å². The molecule has 2 N–H and O–H groups in total. The molecule has 0 aliphatic carbocycles. The number of anilines is 1. The van der Waals surface area contributed by atoms with Gasteiger partial charge in [-0.25, -0.2) is 28.1 Å². The predicted octanol–water partition coefficient (Wildman–Crippen LogP) is 1.54. The molecule has 0 aliphatic rings. The Kier molecular flexibility index (Phi) is 5.21. The molecule has 0 radical (unpaired) electrons. The van der Waals surface area contributed by atoms with Crippen molar-refractivity contribution < 1.29 is 8.42 Å². The van der Waals surface area contributed by atoms with Gasteiger partial charge in [0.1, 0.15) is 9.90 Å². The van der Waals surface area contributed by atoms with E-state index >= 15 is 0 Å². The predicted molar refractivity (Wildman–Crippen MR) is 81.7 cm³/mol. The van der Waals surface area contributed by atoms with Crippen LogP contribution in [-0.4, -0.2) is 29.9 Å². The molecule has 0 unspecified atom stereocenters. The lowest BCUT2D eigenvalue weighted by atomic mass is 10.5. The second kappa shape index (κ2) is 6.92. The number of rotatable bonds is 7. The lowest BCUT2D eigenvalue weighted by molar-refractivity contribution is 0.580. The van der Waals surface area contributed by atoms with E-state index in [-0.39, 0.29) is 11.4 Å². The Labute approximate surface area is 127 Å². The highest BCUT2D eigenvalue weighted by atomic mass is 32.2. The largest absolute Gasteiger partial charge is 0.354 e. The van der Waals surface area contributed by atoms with E-state index in [1.165, 1.54) is 23.7 Å². The van der Waals surface area contributed by atoms with E-state index in [1.807, 2.05) is 13.8 Å². The summed E-state index contributed by atoms with van der Waals surface area (Å²) in [5, 5.41) is 3.71. The number of nitrogens with zero attached hydrogens (tertiary/aromatic N) is 3. The summed E-state index contributed by atoms with van der Waals surface area (Å²) in [4.78, 5) is 13.2. The molecule has 2 aromatic rings. The van der Waals surface area contributed by atoms with Crippen LogP contribution in [0.5, 0.6) is 0 Å².